The highest BCUT2D eigenvalue weighted by molar-refractivity contribution is 7.91. The molecule has 0 fully saturated rings. The molecule has 0 aliphatic rings. The second-order valence-electron chi connectivity index (χ2n) is 7.93. The molecule has 3 aromatic rings. The predicted octanol–water partition coefficient (Wildman–Crippen LogP) is 3.54. The molecule has 35 heavy (non-hydrogen) atoms. The van der Waals surface area contributed by atoms with Crippen molar-refractivity contribution in [2.45, 2.75) is 17.4 Å². The molecule has 0 saturated carbocycles. The molecule has 8 nitrogen and oxygen atoms in total. The van der Waals surface area contributed by atoms with Crippen LogP contribution in [0.2, 0.25) is 0 Å². The van der Waals surface area contributed by atoms with E-state index in [-0.39, 0.29) is 16.1 Å². The Morgan fingerprint density at radius 1 is 1.00 bits per heavy atom. The number of carbonyl (C=O) groups excluding carboxylic acids is 1. The number of hydrogen-bond acceptors (Lipinski definition) is 5. The Bertz CT molecular complexity index is 1500. The topological polar surface area (TPSA) is 114 Å². The fourth-order valence-electron chi connectivity index (χ4n) is 3.56. The lowest BCUT2D eigenvalue weighted by Crippen LogP contribution is -2.57. The third kappa shape index (κ3) is 6.10. The van der Waals surface area contributed by atoms with E-state index in [0.717, 1.165) is 30.5 Å². The maximum absolute atomic E-state index is 13.7. The minimum absolute atomic E-state index is 0.0862. The van der Waals surface area contributed by atoms with Gasteiger partial charge in [-0.1, -0.05) is 36.4 Å². The van der Waals surface area contributed by atoms with Gasteiger partial charge in [-0.05, 0) is 54.4 Å². The quantitative estimate of drug-likeness (QED) is 0.352. The van der Waals surface area contributed by atoms with Gasteiger partial charge < -0.3 is 5.32 Å². The van der Waals surface area contributed by atoms with Gasteiger partial charge in [-0.3, -0.25) is 4.79 Å². The molecule has 3 rings (SSSR count). The van der Waals surface area contributed by atoms with Gasteiger partial charge in [0.05, 0.1) is 23.5 Å². The maximum atomic E-state index is 13.7. The smallest absolute Gasteiger partial charge is 0.251 e. The zero-order valence-electron chi connectivity index (χ0n) is 18.8. The second-order valence-corrected chi connectivity index (χ2v) is 11.7. The molecule has 0 saturated heterocycles. The Morgan fingerprint density at radius 2 is 1.63 bits per heavy atom. The van der Waals surface area contributed by atoms with Crippen LogP contribution in [0, 0.1) is 19.3 Å². The van der Waals surface area contributed by atoms with Crippen molar-refractivity contribution in [3.05, 3.63) is 101 Å². The number of benzene rings is 3. The van der Waals surface area contributed by atoms with Gasteiger partial charge >= 0.3 is 0 Å². The summed E-state index contributed by atoms with van der Waals surface area (Å²) in [6.45, 7) is 8.84. The highest BCUT2D eigenvalue weighted by Crippen LogP contribution is 2.30. The molecule has 11 heteroatoms. The molecule has 182 valence electrons. The number of hydrogen-bond donors (Lipinski definition) is 2. The fourth-order valence-corrected chi connectivity index (χ4v) is 6.23. The Kier molecular flexibility index (Phi) is 7.40. The third-order valence-electron chi connectivity index (χ3n) is 5.17. The highest BCUT2D eigenvalue weighted by atomic mass is 32.2. The Labute approximate surface area is 203 Å². The molecule has 1 atom stereocenters. The highest BCUT2D eigenvalue weighted by Gasteiger charge is 2.47. The summed E-state index contributed by atoms with van der Waals surface area (Å²) in [5, 5.41) is 2.59. The van der Waals surface area contributed by atoms with Crippen molar-refractivity contribution in [2.24, 2.45) is 0 Å². The normalized spacial score (nSPS) is 13.4. The van der Waals surface area contributed by atoms with E-state index in [9.17, 15) is 26.0 Å². The van der Waals surface area contributed by atoms with E-state index in [2.05, 4.69) is 14.9 Å². The van der Waals surface area contributed by atoms with Gasteiger partial charge in [0.25, 0.3) is 5.91 Å². The van der Waals surface area contributed by atoms with Crippen LogP contribution >= 0.6 is 0 Å². The zero-order valence-corrected chi connectivity index (χ0v) is 20.5. The summed E-state index contributed by atoms with van der Waals surface area (Å²) in [6.07, 6.45) is 0.817. The Morgan fingerprint density at radius 3 is 2.17 bits per heavy atom. The minimum atomic E-state index is -4.31. The van der Waals surface area contributed by atoms with Crippen LogP contribution in [-0.4, -0.2) is 34.8 Å². The first-order chi connectivity index (χ1) is 16.4. The Balaban J connectivity index is 2.18. The number of rotatable bonds is 8. The number of nitrogens with one attached hydrogen (secondary N) is 2. The molecular formula is C24H22FN3O5S2. The maximum Gasteiger partial charge on any atom is 0.251 e. The molecule has 0 aliphatic heterocycles. The second kappa shape index (κ2) is 9.95. The summed E-state index contributed by atoms with van der Waals surface area (Å²) >= 11 is 0. The molecule has 0 heterocycles. The van der Waals surface area contributed by atoms with Crippen LogP contribution in [0.3, 0.4) is 0 Å². The number of halogens is 1. The average molecular weight is 516 g/mol. The number of amides is 1. The van der Waals surface area contributed by atoms with Crippen molar-refractivity contribution in [3.63, 3.8) is 0 Å². The van der Waals surface area contributed by atoms with Crippen molar-refractivity contribution in [1.82, 2.24) is 4.72 Å². The van der Waals surface area contributed by atoms with Crippen molar-refractivity contribution < 1.29 is 26.0 Å². The van der Waals surface area contributed by atoms with Gasteiger partial charge in [-0.25, -0.2) is 26.1 Å². The van der Waals surface area contributed by atoms with Gasteiger partial charge in [-0.2, -0.15) is 4.72 Å². The molecule has 0 spiro atoms. The SMILES string of the molecule is [C-]#[N+]c1ccc(NC(=O)C(CS(=O)(=O)c2ccc(F)cc2)(NS(C)(=O)=O)c2ccccc2)cc1C. The molecule has 1 amide bonds. The number of anilines is 1. The number of carbonyl (C=O) groups is 1. The first-order valence-electron chi connectivity index (χ1n) is 10.2. The van der Waals surface area contributed by atoms with Crippen molar-refractivity contribution in [3.8, 4) is 0 Å². The molecule has 0 aliphatic carbocycles. The third-order valence-corrected chi connectivity index (χ3v) is 7.69. The average Bonchev–Trinajstić information content (AvgIpc) is 2.78. The van der Waals surface area contributed by atoms with Crippen LogP contribution in [0.15, 0.2) is 77.7 Å². The summed E-state index contributed by atoms with van der Waals surface area (Å²) in [5.74, 6) is -2.58. The lowest BCUT2D eigenvalue weighted by molar-refractivity contribution is -0.121. The predicted molar refractivity (Wildman–Crippen MR) is 131 cm³/mol. The largest absolute Gasteiger partial charge is 0.324 e. The van der Waals surface area contributed by atoms with E-state index < -0.39 is 42.9 Å². The lowest BCUT2D eigenvalue weighted by atomic mass is 9.91. The van der Waals surface area contributed by atoms with Crippen LogP contribution in [0.5, 0.6) is 0 Å². The molecular weight excluding hydrogens is 493 g/mol. The van der Waals surface area contributed by atoms with Crippen molar-refractivity contribution in [1.29, 1.82) is 0 Å². The van der Waals surface area contributed by atoms with E-state index in [1.807, 2.05) is 0 Å². The monoisotopic (exact) mass is 515 g/mol. The van der Waals surface area contributed by atoms with Crippen LogP contribution in [0.25, 0.3) is 4.85 Å². The van der Waals surface area contributed by atoms with E-state index in [1.54, 1.807) is 25.1 Å². The minimum Gasteiger partial charge on any atom is -0.324 e. The van der Waals surface area contributed by atoms with Gasteiger partial charge in [0.15, 0.2) is 21.1 Å². The summed E-state index contributed by atoms with van der Waals surface area (Å²) in [7, 11) is -8.43. The van der Waals surface area contributed by atoms with Crippen LogP contribution < -0.4 is 10.0 Å². The van der Waals surface area contributed by atoms with E-state index in [0.29, 0.717) is 11.3 Å². The van der Waals surface area contributed by atoms with Crippen molar-refractivity contribution in [2.75, 3.05) is 17.3 Å². The molecule has 1 unspecified atom stereocenters. The molecule has 0 radical (unpaired) electrons. The van der Waals surface area contributed by atoms with Crippen LogP contribution in [0.4, 0.5) is 15.8 Å². The summed E-state index contributed by atoms with van der Waals surface area (Å²) < 4.78 is 67.1. The van der Waals surface area contributed by atoms with Crippen molar-refractivity contribution >= 4 is 37.1 Å². The van der Waals surface area contributed by atoms with Gasteiger partial charge in [0, 0.05) is 5.69 Å². The van der Waals surface area contributed by atoms with Crippen LogP contribution in [-0.2, 0) is 30.2 Å². The van der Waals surface area contributed by atoms with Gasteiger partial charge in [0.2, 0.25) is 10.0 Å². The summed E-state index contributed by atoms with van der Waals surface area (Å²) in [6, 6.07) is 16.1. The molecule has 2 N–H and O–H groups in total. The summed E-state index contributed by atoms with van der Waals surface area (Å²) in [4.78, 5) is 16.8. The zero-order chi connectivity index (χ0) is 25.9. The lowest BCUT2D eigenvalue weighted by Gasteiger charge is -2.33. The number of sulfonamides is 1. The molecule has 0 aromatic heterocycles. The first-order valence-corrected chi connectivity index (χ1v) is 13.7. The van der Waals surface area contributed by atoms with E-state index in [1.165, 1.54) is 30.3 Å². The van der Waals surface area contributed by atoms with Gasteiger partial charge in [-0.15, -0.1) is 0 Å². The number of sulfone groups is 1. The molecule has 0 bridgehead atoms. The Hall–Kier alpha value is -3.59. The van der Waals surface area contributed by atoms with Crippen LogP contribution in [0.1, 0.15) is 11.1 Å². The fraction of sp³-hybridized carbons (Fsp3) is 0.167. The molecule has 3 aromatic carbocycles. The number of aryl methyl sites for hydroxylation is 1. The van der Waals surface area contributed by atoms with E-state index >= 15 is 0 Å². The van der Waals surface area contributed by atoms with Gasteiger partial charge in [0.1, 0.15) is 5.82 Å². The first kappa shape index (κ1) is 26.0. The number of nitrogens with zero attached hydrogens (tertiary/aromatic N) is 1. The standard InChI is InChI=1S/C24H22FN3O5S2/c1-17-15-20(11-14-22(17)26-2)27-23(29)24(28-34(3,30)31,18-7-5-4-6-8-18)16-35(32,33)21-12-9-19(25)10-13-21/h4-15,28H,16H2,1,3H3,(H,27,29). The van der Waals surface area contributed by atoms with E-state index in [4.69, 9.17) is 6.57 Å². The summed E-state index contributed by atoms with van der Waals surface area (Å²) in [5.41, 5.74) is -1.00.